The summed E-state index contributed by atoms with van der Waals surface area (Å²) in [6.45, 7) is 5.66. The molecule has 2 aromatic carbocycles. The molecule has 1 aliphatic heterocycles. The monoisotopic (exact) mass is 361 g/mol. The number of hydrogen-bond acceptors (Lipinski definition) is 7. The number of anilines is 5. The van der Waals surface area contributed by atoms with E-state index in [4.69, 9.17) is 0 Å². The predicted octanol–water partition coefficient (Wildman–Crippen LogP) is 3.08. The summed E-state index contributed by atoms with van der Waals surface area (Å²) in [5, 5.41) is 9.94. The number of rotatable bonds is 5. The summed E-state index contributed by atoms with van der Waals surface area (Å²) in [4.78, 5) is 16.0. The molecule has 3 aromatic rings. The number of aryl methyl sites for hydroxylation is 1. The number of hydrogen-bond donors (Lipinski definition) is 3. The van der Waals surface area contributed by atoms with Gasteiger partial charge in [-0.2, -0.15) is 15.0 Å². The highest BCUT2D eigenvalue weighted by atomic mass is 15.3. The summed E-state index contributed by atoms with van der Waals surface area (Å²) in [6.07, 6.45) is 0. The lowest BCUT2D eigenvalue weighted by Gasteiger charge is -2.27. The molecule has 0 aliphatic carbocycles. The summed E-state index contributed by atoms with van der Waals surface area (Å²) in [5.74, 6) is 1.74. The molecule has 1 fully saturated rings. The molecule has 3 N–H and O–H groups in total. The molecular weight excluding hydrogens is 338 g/mol. The first-order valence-electron chi connectivity index (χ1n) is 9.14. The van der Waals surface area contributed by atoms with Crippen molar-refractivity contribution < 1.29 is 0 Å². The van der Waals surface area contributed by atoms with Crippen molar-refractivity contribution in [2.24, 2.45) is 0 Å². The van der Waals surface area contributed by atoms with Crippen LogP contribution in [0.4, 0.5) is 29.2 Å². The fourth-order valence-electron chi connectivity index (χ4n) is 2.99. The van der Waals surface area contributed by atoms with E-state index in [1.165, 1.54) is 5.56 Å². The van der Waals surface area contributed by atoms with Gasteiger partial charge in [0, 0.05) is 37.6 Å². The molecule has 0 bridgehead atoms. The third kappa shape index (κ3) is 4.51. The maximum absolute atomic E-state index is 4.65. The molecular formula is C20H23N7. The molecule has 0 atom stereocenters. The van der Waals surface area contributed by atoms with Crippen LogP contribution in [0.2, 0.25) is 0 Å². The van der Waals surface area contributed by atoms with Crippen LogP contribution < -0.4 is 20.9 Å². The summed E-state index contributed by atoms with van der Waals surface area (Å²) in [6, 6.07) is 18.1. The molecule has 0 radical (unpaired) electrons. The van der Waals surface area contributed by atoms with E-state index in [0.717, 1.165) is 37.6 Å². The number of para-hydroxylation sites is 1. The first kappa shape index (κ1) is 17.2. The van der Waals surface area contributed by atoms with Gasteiger partial charge in [0.2, 0.25) is 17.8 Å². The van der Waals surface area contributed by atoms with E-state index >= 15 is 0 Å². The van der Waals surface area contributed by atoms with Gasteiger partial charge in [-0.1, -0.05) is 30.3 Å². The highest BCUT2D eigenvalue weighted by Crippen LogP contribution is 2.21. The first-order chi connectivity index (χ1) is 13.3. The zero-order valence-corrected chi connectivity index (χ0v) is 15.3. The molecule has 0 amide bonds. The van der Waals surface area contributed by atoms with Crippen molar-refractivity contribution in [1.29, 1.82) is 0 Å². The molecule has 0 spiro atoms. The minimum absolute atomic E-state index is 0.528. The Labute approximate surface area is 158 Å². The van der Waals surface area contributed by atoms with Crippen molar-refractivity contribution in [1.82, 2.24) is 20.3 Å². The standard InChI is InChI=1S/C20H23N7/c1-15-6-5-9-17(14-15)23-19-24-18(22-16-7-3-2-4-8-16)25-20(26-19)27-12-10-21-11-13-27/h2-9,14,21H,10-13H2,1H3,(H2,22,23,24,25,26). The molecule has 27 heavy (non-hydrogen) atoms. The van der Waals surface area contributed by atoms with Crippen molar-refractivity contribution in [3.63, 3.8) is 0 Å². The zero-order valence-electron chi connectivity index (χ0n) is 15.3. The molecule has 138 valence electrons. The van der Waals surface area contributed by atoms with Gasteiger partial charge in [0.1, 0.15) is 0 Å². The summed E-state index contributed by atoms with van der Waals surface area (Å²) < 4.78 is 0. The minimum atomic E-state index is 0.528. The van der Waals surface area contributed by atoms with Crippen LogP contribution in [-0.4, -0.2) is 41.1 Å². The molecule has 2 heterocycles. The third-order valence-corrected chi connectivity index (χ3v) is 4.33. The molecule has 7 heteroatoms. The maximum atomic E-state index is 4.65. The van der Waals surface area contributed by atoms with Crippen molar-refractivity contribution >= 4 is 29.2 Å². The molecule has 1 aromatic heterocycles. The molecule has 0 unspecified atom stereocenters. The SMILES string of the molecule is Cc1cccc(Nc2nc(Nc3ccccc3)nc(N3CCNCC3)n2)c1. The Bertz CT molecular complexity index is 892. The largest absolute Gasteiger partial charge is 0.338 e. The lowest BCUT2D eigenvalue weighted by molar-refractivity contribution is 0.579. The third-order valence-electron chi connectivity index (χ3n) is 4.33. The molecule has 4 rings (SSSR count). The zero-order chi connectivity index (χ0) is 18.5. The number of nitrogens with one attached hydrogen (secondary N) is 3. The van der Waals surface area contributed by atoms with Gasteiger partial charge < -0.3 is 20.9 Å². The Morgan fingerprint density at radius 2 is 1.48 bits per heavy atom. The topological polar surface area (TPSA) is 78.0 Å². The quantitative estimate of drug-likeness (QED) is 0.644. The lowest BCUT2D eigenvalue weighted by Crippen LogP contribution is -2.44. The highest BCUT2D eigenvalue weighted by molar-refractivity contribution is 5.59. The fourth-order valence-corrected chi connectivity index (χ4v) is 2.99. The number of nitrogens with zero attached hydrogens (tertiary/aromatic N) is 4. The van der Waals surface area contributed by atoms with Gasteiger partial charge in [-0.25, -0.2) is 0 Å². The van der Waals surface area contributed by atoms with E-state index < -0.39 is 0 Å². The Morgan fingerprint density at radius 3 is 2.19 bits per heavy atom. The summed E-state index contributed by atoms with van der Waals surface area (Å²) >= 11 is 0. The van der Waals surface area contributed by atoms with Gasteiger partial charge in [-0.15, -0.1) is 0 Å². The van der Waals surface area contributed by atoms with E-state index in [2.05, 4.69) is 54.9 Å². The van der Waals surface area contributed by atoms with Gasteiger partial charge in [0.25, 0.3) is 0 Å². The van der Waals surface area contributed by atoms with Crippen LogP contribution in [0.5, 0.6) is 0 Å². The average Bonchev–Trinajstić information content (AvgIpc) is 2.69. The fraction of sp³-hybridized carbons (Fsp3) is 0.250. The summed E-state index contributed by atoms with van der Waals surface area (Å²) in [5.41, 5.74) is 3.08. The minimum Gasteiger partial charge on any atom is -0.338 e. The van der Waals surface area contributed by atoms with Gasteiger partial charge in [-0.05, 0) is 36.8 Å². The second kappa shape index (κ2) is 8.01. The summed E-state index contributed by atoms with van der Waals surface area (Å²) in [7, 11) is 0. The van der Waals surface area contributed by atoms with E-state index in [1.807, 2.05) is 42.5 Å². The van der Waals surface area contributed by atoms with Crippen molar-refractivity contribution in [3.05, 3.63) is 60.2 Å². The molecule has 0 saturated carbocycles. The van der Waals surface area contributed by atoms with Gasteiger partial charge in [-0.3, -0.25) is 0 Å². The number of piperazine rings is 1. The average molecular weight is 361 g/mol. The normalized spacial score (nSPS) is 14.0. The van der Waals surface area contributed by atoms with E-state index in [0.29, 0.717) is 17.8 Å². The Balaban J connectivity index is 1.65. The Hall–Kier alpha value is -3.19. The number of benzene rings is 2. The van der Waals surface area contributed by atoms with Gasteiger partial charge in [0.05, 0.1) is 0 Å². The van der Waals surface area contributed by atoms with Crippen LogP contribution in [0.3, 0.4) is 0 Å². The van der Waals surface area contributed by atoms with E-state index in [9.17, 15) is 0 Å². The second-order valence-electron chi connectivity index (χ2n) is 6.51. The first-order valence-corrected chi connectivity index (χ1v) is 9.14. The van der Waals surface area contributed by atoms with Crippen molar-refractivity contribution in [2.45, 2.75) is 6.92 Å². The number of aromatic nitrogens is 3. The maximum Gasteiger partial charge on any atom is 0.233 e. The Kier molecular flexibility index (Phi) is 5.11. The smallest absolute Gasteiger partial charge is 0.233 e. The highest BCUT2D eigenvalue weighted by Gasteiger charge is 2.16. The second-order valence-corrected chi connectivity index (χ2v) is 6.51. The van der Waals surface area contributed by atoms with Gasteiger partial charge >= 0.3 is 0 Å². The van der Waals surface area contributed by atoms with Crippen LogP contribution in [0.25, 0.3) is 0 Å². The van der Waals surface area contributed by atoms with Crippen molar-refractivity contribution in [2.75, 3.05) is 41.7 Å². The Morgan fingerprint density at radius 1 is 0.815 bits per heavy atom. The molecule has 7 nitrogen and oxygen atoms in total. The molecule has 1 saturated heterocycles. The van der Waals surface area contributed by atoms with Gasteiger partial charge in [0.15, 0.2) is 0 Å². The van der Waals surface area contributed by atoms with Crippen LogP contribution >= 0.6 is 0 Å². The lowest BCUT2D eigenvalue weighted by atomic mass is 10.2. The van der Waals surface area contributed by atoms with Crippen LogP contribution in [-0.2, 0) is 0 Å². The van der Waals surface area contributed by atoms with Crippen LogP contribution in [0.1, 0.15) is 5.56 Å². The van der Waals surface area contributed by atoms with Crippen LogP contribution in [0, 0.1) is 6.92 Å². The van der Waals surface area contributed by atoms with E-state index in [1.54, 1.807) is 0 Å². The van der Waals surface area contributed by atoms with Crippen LogP contribution in [0.15, 0.2) is 54.6 Å². The predicted molar refractivity (Wildman–Crippen MR) is 109 cm³/mol. The molecule has 1 aliphatic rings. The van der Waals surface area contributed by atoms with Crippen molar-refractivity contribution in [3.8, 4) is 0 Å². The van der Waals surface area contributed by atoms with E-state index in [-0.39, 0.29) is 0 Å².